The topological polar surface area (TPSA) is 29.5 Å². The molecule has 0 bridgehead atoms. The predicted octanol–water partition coefficient (Wildman–Crippen LogP) is 5.44. The van der Waals surface area contributed by atoms with E-state index in [-0.39, 0.29) is 5.91 Å². The first-order valence-corrected chi connectivity index (χ1v) is 8.68. The summed E-state index contributed by atoms with van der Waals surface area (Å²) in [6.45, 7) is 0. The Morgan fingerprint density at radius 1 is 0.808 bits per heavy atom. The fraction of sp³-hybridized carbons (Fsp3) is 0.0455. The standard InChI is InChI=1S/C22H16ClNO2/c23-18-13-11-17(12-14-18)22-24(19-9-5-2-6-10-19)21(25)15-20(26-22)16-7-3-1-4-8-16/h1-15,22H. The summed E-state index contributed by atoms with van der Waals surface area (Å²) in [5.74, 6) is 0.434. The molecule has 0 saturated heterocycles. The lowest BCUT2D eigenvalue weighted by Gasteiger charge is -2.35. The van der Waals surface area contributed by atoms with Crippen molar-refractivity contribution in [1.29, 1.82) is 0 Å². The van der Waals surface area contributed by atoms with Crippen molar-refractivity contribution in [1.82, 2.24) is 0 Å². The maximum atomic E-state index is 13.0. The molecule has 0 saturated carbocycles. The van der Waals surface area contributed by atoms with Crippen LogP contribution in [-0.4, -0.2) is 5.91 Å². The van der Waals surface area contributed by atoms with E-state index >= 15 is 0 Å². The van der Waals surface area contributed by atoms with Gasteiger partial charge in [-0.2, -0.15) is 0 Å². The minimum atomic E-state index is -0.567. The molecular weight excluding hydrogens is 346 g/mol. The minimum Gasteiger partial charge on any atom is -0.465 e. The molecule has 0 aliphatic carbocycles. The summed E-state index contributed by atoms with van der Waals surface area (Å²) in [5.41, 5.74) is 2.50. The van der Waals surface area contributed by atoms with Crippen LogP contribution in [0.3, 0.4) is 0 Å². The molecule has 4 heteroatoms. The lowest BCUT2D eigenvalue weighted by Crippen LogP contribution is -2.38. The lowest BCUT2D eigenvalue weighted by atomic mass is 10.1. The number of benzene rings is 3. The number of hydrogen-bond acceptors (Lipinski definition) is 2. The molecule has 0 N–H and O–H groups in total. The molecule has 3 aromatic rings. The van der Waals surface area contributed by atoms with E-state index < -0.39 is 6.23 Å². The van der Waals surface area contributed by atoms with Crippen molar-refractivity contribution in [3.63, 3.8) is 0 Å². The van der Waals surface area contributed by atoms with Gasteiger partial charge in [0.05, 0.1) is 0 Å². The van der Waals surface area contributed by atoms with Gasteiger partial charge in [0, 0.05) is 27.9 Å². The Morgan fingerprint density at radius 2 is 1.42 bits per heavy atom. The summed E-state index contributed by atoms with van der Waals surface area (Å²) in [6.07, 6.45) is 0.969. The van der Waals surface area contributed by atoms with Crippen LogP contribution >= 0.6 is 11.6 Å². The molecule has 3 aromatic carbocycles. The van der Waals surface area contributed by atoms with E-state index in [1.807, 2.05) is 72.8 Å². The summed E-state index contributed by atoms with van der Waals surface area (Å²) in [4.78, 5) is 14.6. The molecule has 1 aliphatic rings. The highest BCUT2D eigenvalue weighted by Gasteiger charge is 2.32. The second kappa shape index (κ2) is 7.06. The number of halogens is 1. The number of anilines is 1. The number of rotatable bonds is 3. The molecule has 1 amide bonds. The minimum absolute atomic E-state index is 0.124. The van der Waals surface area contributed by atoms with E-state index in [4.69, 9.17) is 16.3 Å². The molecule has 0 fully saturated rings. The zero-order chi connectivity index (χ0) is 17.9. The first-order chi connectivity index (χ1) is 12.7. The molecule has 0 radical (unpaired) electrons. The van der Waals surface area contributed by atoms with E-state index in [1.54, 1.807) is 17.0 Å². The van der Waals surface area contributed by atoms with Gasteiger partial charge in [0.1, 0.15) is 5.76 Å². The third-order valence-corrected chi connectivity index (χ3v) is 4.46. The molecule has 1 aliphatic heterocycles. The maximum absolute atomic E-state index is 13.0. The van der Waals surface area contributed by atoms with Crippen molar-refractivity contribution >= 4 is 29.0 Å². The predicted molar refractivity (Wildman–Crippen MR) is 104 cm³/mol. The van der Waals surface area contributed by atoms with Crippen molar-refractivity contribution in [3.8, 4) is 0 Å². The molecule has 0 aromatic heterocycles. The van der Waals surface area contributed by atoms with Gasteiger partial charge in [-0.1, -0.05) is 72.3 Å². The second-order valence-electron chi connectivity index (χ2n) is 5.94. The highest BCUT2D eigenvalue weighted by Crippen LogP contribution is 2.37. The normalized spacial score (nSPS) is 16.8. The van der Waals surface area contributed by atoms with Crippen LogP contribution in [0.5, 0.6) is 0 Å². The van der Waals surface area contributed by atoms with Gasteiger partial charge in [-0.15, -0.1) is 0 Å². The largest absolute Gasteiger partial charge is 0.465 e. The van der Waals surface area contributed by atoms with E-state index in [1.165, 1.54) is 6.08 Å². The number of ether oxygens (including phenoxy) is 1. The maximum Gasteiger partial charge on any atom is 0.257 e. The van der Waals surface area contributed by atoms with Gasteiger partial charge in [0.15, 0.2) is 0 Å². The Hall–Kier alpha value is -3.04. The molecular formula is C22H16ClNO2. The first-order valence-electron chi connectivity index (χ1n) is 8.30. The van der Waals surface area contributed by atoms with E-state index in [0.717, 1.165) is 16.8 Å². The van der Waals surface area contributed by atoms with Crippen molar-refractivity contribution in [2.75, 3.05) is 4.90 Å². The molecule has 3 nitrogen and oxygen atoms in total. The van der Waals surface area contributed by atoms with Crippen molar-refractivity contribution in [3.05, 3.63) is 107 Å². The van der Waals surface area contributed by atoms with E-state index in [9.17, 15) is 4.79 Å². The number of hydrogen-bond donors (Lipinski definition) is 0. The number of nitrogens with zero attached hydrogens (tertiary/aromatic N) is 1. The van der Waals surface area contributed by atoms with Crippen molar-refractivity contribution in [2.24, 2.45) is 0 Å². The molecule has 4 rings (SSSR count). The van der Waals surface area contributed by atoms with Gasteiger partial charge in [0.2, 0.25) is 6.23 Å². The highest BCUT2D eigenvalue weighted by molar-refractivity contribution is 6.30. The Bertz CT molecular complexity index is 937. The summed E-state index contributed by atoms with van der Waals surface area (Å²) in [5, 5.41) is 0.640. The van der Waals surface area contributed by atoms with Gasteiger partial charge >= 0.3 is 0 Å². The molecule has 26 heavy (non-hydrogen) atoms. The zero-order valence-corrected chi connectivity index (χ0v) is 14.6. The van der Waals surface area contributed by atoms with Crippen LogP contribution in [0, 0.1) is 0 Å². The molecule has 1 atom stereocenters. The lowest BCUT2D eigenvalue weighted by molar-refractivity contribution is -0.117. The van der Waals surface area contributed by atoms with Crippen molar-refractivity contribution in [2.45, 2.75) is 6.23 Å². The Labute approximate surface area is 157 Å². The van der Waals surface area contributed by atoms with Crippen LogP contribution in [0.2, 0.25) is 5.02 Å². The van der Waals surface area contributed by atoms with Crippen LogP contribution in [0.4, 0.5) is 5.69 Å². The van der Waals surface area contributed by atoms with Crippen LogP contribution in [0.1, 0.15) is 17.4 Å². The monoisotopic (exact) mass is 361 g/mol. The van der Waals surface area contributed by atoms with Crippen LogP contribution < -0.4 is 4.90 Å². The van der Waals surface area contributed by atoms with Gasteiger partial charge < -0.3 is 4.74 Å². The number of para-hydroxylation sites is 1. The van der Waals surface area contributed by atoms with Gasteiger partial charge in [-0.3, -0.25) is 9.69 Å². The fourth-order valence-electron chi connectivity index (χ4n) is 2.95. The molecule has 0 spiro atoms. The summed E-state index contributed by atoms with van der Waals surface area (Å²) < 4.78 is 6.26. The summed E-state index contributed by atoms with van der Waals surface area (Å²) in [7, 11) is 0. The Kier molecular flexibility index (Phi) is 4.46. The van der Waals surface area contributed by atoms with E-state index in [2.05, 4.69) is 0 Å². The quantitative estimate of drug-likeness (QED) is 0.621. The third kappa shape index (κ3) is 3.22. The van der Waals surface area contributed by atoms with E-state index in [0.29, 0.717) is 10.8 Å². The van der Waals surface area contributed by atoms with Crippen molar-refractivity contribution < 1.29 is 9.53 Å². The zero-order valence-electron chi connectivity index (χ0n) is 13.9. The first kappa shape index (κ1) is 16.4. The van der Waals surface area contributed by atoms with Crippen LogP contribution in [0.15, 0.2) is 91.0 Å². The Balaban J connectivity index is 1.80. The number of carbonyl (C=O) groups is 1. The third-order valence-electron chi connectivity index (χ3n) is 4.21. The highest BCUT2D eigenvalue weighted by atomic mass is 35.5. The fourth-order valence-corrected chi connectivity index (χ4v) is 3.08. The summed E-state index contributed by atoms with van der Waals surface area (Å²) in [6, 6.07) is 26.5. The van der Waals surface area contributed by atoms with Crippen LogP contribution in [-0.2, 0) is 9.53 Å². The van der Waals surface area contributed by atoms with Gasteiger partial charge in [-0.05, 0) is 24.3 Å². The molecule has 1 heterocycles. The van der Waals surface area contributed by atoms with Gasteiger partial charge in [-0.25, -0.2) is 0 Å². The SMILES string of the molecule is O=C1C=C(c2ccccc2)OC(c2ccc(Cl)cc2)N1c1ccccc1. The molecule has 1 unspecified atom stereocenters. The smallest absolute Gasteiger partial charge is 0.257 e. The number of amides is 1. The van der Waals surface area contributed by atoms with Crippen LogP contribution in [0.25, 0.3) is 5.76 Å². The molecule has 128 valence electrons. The average Bonchev–Trinajstić information content (AvgIpc) is 2.69. The second-order valence-corrected chi connectivity index (χ2v) is 6.38. The average molecular weight is 362 g/mol. The Morgan fingerprint density at radius 3 is 2.08 bits per heavy atom. The van der Waals surface area contributed by atoms with Gasteiger partial charge in [0.25, 0.3) is 5.91 Å². The number of carbonyl (C=O) groups excluding carboxylic acids is 1. The summed E-state index contributed by atoms with van der Waals surface area (Å²) >= 11 is 6.02.